The largest absolute Gasteiger partial charge is 0.459 e. The van der Waals surface area contributed by atoms with Crippen LogP contribution in [0.3, 0.4) is 0 Å². The average molecular weight is 528 g/mol. The van der Waals surface area contributed by atoms with Gasteiger partial charge in [-0.3, -0.25) is 23.7 Å². The summed E-state index contributed by atoms with van der Waals surface area (Å²) in [4.78, 5) is 49.2. The summed E-state index contributed by atoms with van der Waals surface area (Å²) in [5.41, 5.74) is -0.809. The van der Waals surface area contributed by atoms with Gasteiger partial charge in [-0.1, -0.05) is 6.92 Å². The van der Waals surface area contributed by atoms with Gasteiger partial charge in [-0.15, -0.1) is 0 Å². The van der Waals surface area contributed by atoms with E-state index in [1.54, 1.807) is 13.8 Å². The van der Waals surface area contributed by atoms with Crippen molar-refractivity contribution >= 4 is 34.0 Å². The smallest absolute Gasteiger partial charge is 0.405 e. The van der Waals surface area contributed by atoms with E-state index >= 15 is 0 Å². The lowest BCUT2D eigenvalue weighted by atomic mass is 9.78. The fraction of sp³-hybridized carbons (Fsp3) is 0.800. The maximum absolute atomic E-state index is 13.5. The number of hydrogen-bond donors (Lipinski definition) is 1. The Morgan fingerprint density at radius 1 is 1.11 bits per heavy atom. The molecule has 2 bridgehead atoms. The fourth-order valence-electron chi connectivity index (χ4n) is 4.10. The highest BCUT2D eigenvalue weighted by molar-refractivity contribution is 7.86. The molecule has 0 radical (unpaired) electrons. The second-order valence-corrected chi connectivity index (χ2v) is 10.7. The van der Waals surface area contributed by atoms with E-state index in [0.29, 0.717) is 13.3 Å². The summed E-state index contributed by atoms with van der Waals surface area (Å²) in [5.74, 6) is -5.71. The highest BCUT2D eigenvalue weighted by atomic mass is 32.2. The summed E-state index contributed by atoms with van der Waals surface area (Å²) in [6.07, 6.45) is -7.38. The van der Waals surface area contributed by atoms with Crippen LogP contribution in [0.15, 0.2) is 0 Å². The van der Waals surface area contributed by atoms with Gasteiger partial charge in [0.25, 0.3) is 0 Å². The molecule has 0 aromatic heterocycles. The predicted molar refractivity (Wildman–Crippen MR) is 107 cm³/mol. The second-order valence-electron chi connectivity index (χ2n) is 9.18. The van der Waals surface area contributed by atoms with Crippen LogP contribution in [0.1, 0.15) is 47.0 Å². The first-order valence-corrected chi connectivity index (χ1v) is 12.3. The Bertz CT molecular complexity index is 1010. The van der Waals surface area contributed by atoms with E-state index in [0.717, 1.165) is 0 Å². The maximum atomic E-state index is 13.5. The Balaban J connectivity index is 1.59. The monoisotopic (exact) mass is 528 g/mol. The number of fused-ring (bicyclic) bond motifs is 1. The Morgan fingerprint density at radius 3 is 2.29 bits per heavy atom. The second kappa shape index (κ2) is 9.24. The van der Waals surface area contributed by atoms with Crippen LogP contribution in [-0.2, 0) is 53.0 Å². The van der Waals surface area contributed by atoms with Crippen molar-refractivity contribution in [1.29, 1.82) is 0 Å². The van der Waals surface area contributed by atoms with Crippen LogP contribution in [0.25, 0.3) is 0 Å². The van der Waals surface area contributed by atoms with Gasteiger partial charge in [0.15, 0.2) is 18.3 Å². The first-order chi connectivity index (χ1) is 16.0. The molecular formula is C20H26F2O12S. The molecule has 3 aliphatic heterocycles. The van der Waals surface area contributed by atoms with Crippen LogP contribution in [0.4, 0.5) is 8.78 Å². The molecule has 3 fully saturated rings. The molecule has 1 N–H and O–H groups in total. The highest BCUT2D eigenvalue weighted by Crippen LogP contribution is 2.51. The molecule has 7 atom stereocenters. The van der Waals surface area contributed by atoms with Crippen LogP contribution in [0.2, 0.25) is 0 Å². The number of rotatable bonds is 10. The zero-order valence-electron chi connectivity index (χ0n) is 19.3. The average Bonchev–Trinajstić information content (AvgIpc) is 3.34. The molecule has 0 aliphatic carbocycles. The molecule has 7 unspecified atom stereocenters. The minimum Gasteiger partial charge on any atom is -0.459 e. The van der Waals surface area contributed by atoms with Crippen molar-refractivity contribution < 1.29 is 64.6 Å². The van der Waals surface area contributed by atoms with E-state index in [1.807, 2.05) is 6.92 Å². The highest BCUT2D eigenvalue weighted by Gasteiger charge is 2.72. The van der Waals surface area contributed by atoms with Gasteiger partial charge in [-0.05, 0) is 27.2 Å². The lowest BCUT2D eigenvalue weighted by Gasteiger charge is -2.30. The number of alkyl halides is 2. The van der Waals surface area contributed by atoms with Gasteiger partial charge in [0, 0.05) is 0 Å². The third-order valence-electron chi connectivity index (χ3n) is 6.33. The van der Waals surface area contributed by atoms with Gasteiger partial charge in [0.05, 0.1) is 12.8 Å². The molecule has 35 heavy (non-hydrogen) atoms. The van der Waals surface area contributed by atoms with Crippen LogP contribution < -0.4 is 0 Å². The summed E-state index contributed by atoms with van der Waals surface area (Å²) in [6.45, 7) is 5.75. The van der Waals surface area contributed by atoms with E-state index in [-0.39, 0.29) is 0 Å². The van der Waals surface area contributed by atoms with Crippen LogP contribution >= 0.6 is 0 Å². The SMILES string of the molecule is CCC(C)(C)OC(=O)C1C2OC3C(OC(=O)C31)C2OC(=O)CCC(=O)OC(C)C(F)(F)S(=O)(=O)O. The Morgan fingerprint density at radius 2 is 1.71 bits per heavy atom. The van der Waals surface area contributed by atoms with Crippen molar-refractivity contribution in [3.8, 4) is 0 Å². The zero-order valence-corrected chi connectivity index (χ0v) is 20.1. The number of ether oxygens (including phenoxy) is 5. The van der Waals surface area contributed by atoms with Gasteiger partial charge in [0.1, 0.15) is 29.6 Å². The van der Waals surface area contributed by atoms with Crippen LogP contribution in [-0.4, -0.2) is 78.2 Å². The van der Waals surface area contributed by atoms with Crippen molar-refractivity contribution in [2.75, 3.05) is 0 Å². The molecule has 0 saturated carbocycles. The van der Waals surface area contributed by atoms with Crippen molar-refractivity contribution in [2.45, 2.75) is 88.3 Å². The number of carbonyl (C=O) groups excluding carboxylic acids is 4. The molecule has 3 heterocycles. The third-order valence-corrected chi connectivity index (χ3v) is 7.35. The molecule has 0 spiro atoms. The molecule has 0 aromatic rings. The van der Waals surface area contributed by atoms with Gasteiger partial charge in [-0.25, -0.2) is 0 Å². The minimum absolute atomic E-state index is 0.501. The summed E-state index contributed by atoms with van der Waals surface area (Å²) in [6, 6.07) is 0. The molecular weight excluding hydrogens is 502 g/mol. The summed E-state index contributed by atoms with van der Waals surface area (Å²) in [5, 5.41) is -4.75. The number of esters is 4. The van der Waals surface area contributed by atoms with Crippen molar-refractivity contribution in [2.24, 2.45) is 11.8 Å². The summed E-state index contributed by atoms with van der Waals surface area (Å²) >= 11 is 0. The van der Waals surface area contributed by atoms with Gasteiger partial charge in [-0.2, -0.15) is 17.2 Å². The normalized spacial score (nSPS) is 30.5. The Kier molecular flexibility index (Phi) is 7.18. The standard InChI is InChI=1S/C20H26F2O12S/c1-5-19(3,4)34-18(26)12-11-13-16(33-17(11)25)15(14(12)32-13)31-10(24)7-6-9(23)30-8(2)20(21,22)35(27,28)29/h8,11-16H,5-7H2,1-4H3,(H,27,28,29). The lowest BCUT2D eigenvalue weighted by Crippen LogP contribution is -2.49. The molecule has 198 valence electrons. The molecule has 15 heteroatoms. The minimum atomic E-state index is -5.83. The Labute approximate surface area is 199 Å². The molecule has 0 amide bonds. The van der Waals surface area contributed by atoms with Gasteiger partial charge in [0.2, 0.25) is 0 Å². The third kappa shape index (κ3) is 5.11. The zero-order chi connectivity index (χ0) is 26.5. The fourth-order valence-corrected chi connectivity index (χ4v) is 4.57. The lowest BCUT2D eigenvalue weighted by molar-refractivity contribution is -0.171. The number of halogens is 2. The summed E-state index contributed by atoms with van der Waals surface area (Å²) < 4.78 is 82.9. The molecule has 0 aromatic carbocycles. The Hall–Kier alpha value is -2.39. The first-order valence-electron chi connectivity index (χ1n) is 10.8. The van der Waals surface area contributed by atoms with Crippen LogP contribution in [0.5, 0.6) is 0 Å². The van der Waals surface area contributed by atoms with E-state index in [9.17, 15) is 36.4 Å². The predicted octanol–water partition coefficient (Wildman–Crippen LogP) is 0.761. The van der Waals surface area contributed by atoms with Crippen molar-refractivity contribution in [3.63, 3.8) is 0 Å². The van der Waals surface area contributed by atoms with Crippen LogP contribution in [0, 0.1) is 11.8 Å². The quantitative estimate of drug-likeness (QED) is 0.240. The number of hydrogen-bond acceptors (Lipinski definition) is 11. The van der Waals surface area contributed by atoms with E-state index in [1.165, 1.54) is 0 Å². The van der Waals surface area contributed by atoms with Gasteiger partial charge < -0.3 is 23.7 Å². The maximum Gasteiger partial charge on any atom is 0.405 e. The van der Waals surface area contributed by atoms with Crippen molar-refractivity contribution in [3.05, 3.63) is 0 Å². The topological polar surface area (TPSA) is 169 Å². The molecule has 12 nitrogen and oxygen atoms in total. The summed E-state index contributed by atoms with van der Waals surface area (Å²) in [7, 11) is -5.83. The number of carbonyl (C=O) groups is 4. The van der Waals surface area contributed by atoms with Crippen molar-refractivity contribution in [1.82, 2.24) is 0 Å². The van der Waals surface area contributed by atoms with E-state index in [2.05, 4.69) is 4.74 Å². The molecule has 3 saturated heterocycles. The molecule has 3 rings (SSSR count). The van der Waals surface area contributed by atoms with Gasteiger partial charge >= 0.3 is 39.2 Å². The molecule has 3 aliphatic rings. The first kappa shape index (κ1) is 27.2. The van der Waals surface area contributed by atoms with E-state index in [4.69, 9.17) is 23.5 Å². The van der Waals surface area contributed by atoms with E-state index < -0.39 is 100 Å².